The van der Waals surface area contributed by atoms with Crippen LogP contribution in [0.1, 0.15) is 0 Å². The Morgan fingerprint density at radius 1 is 0.459 bits per heavy atom. The van der Waals surface area contributed by atoms with Gasteiger partial charge in [0.2, 0.25) is 0 Å². The largest absolute Gasteiger partial charge is 0.344 e. The molecule has 2 heteroatoms. The quantitative estimate of drug-likeness (QED) is 0.270. The molecule has 0 bridgehead atoms. The average molecular weight is 488 g/mol. The number of nitrogens with zero attached hydrogens (tertiary/aromatic N) is 1. The van der Waals surface area contributed by atoms with E-state index in [1.165, 1.54) is 64.5 Å². The van der Waals surface area contributed by atoms with E-state index in [-0.39, 0.29) is 0 Å². The zero-order valence-corrected chi connectivity index (χ0v) is 21.6. The fourth-order valence-corrected chi connectivity index (χ4v) is 12.0. The zero-order chi connectivity index (χ0) is 24.6. The maximum atomic E-state index is 2.53. The standard InChI is InChI=1S/C35H25NSi/c1-36-32-21-25-13-9-8-12-24(25)20-29(32)30-22-31-28-18-10-11-19-34(28)37(35(31)23-33(30)36,26-14-4-2-5-15-26)27-16-6-3-7-17-27/h2-23H,1H3. The lowest BCUT2D eigenvalue weighted by atomic mass is 10.0. The highest BCUT2D eigenvalue weighted by Crippen LogP contribution is 2.37. The molecule has 0 saturated heterocycles. The van der Waals surface area contributed by atoms with E-state index < -0.39 is 8.07 Å². The summed E-state index contributed by atoms with van der Waals surface area (Å²) in [4.78, 5) is 0. The molecule has 0 fully saturated rings. The first-order valence-electron chi connectivity index (χ1n) is 12.9. The van der Waals surface area contributed by atoms with Crippen molar-refractivity contribution in [3.05, 3.63) is 133 Å². The lowest BCUT2D eigenvalue weighted by Gasteiger charge is -2.31. The Balaban J connectivity index is 1.56. The Bertz CT molecular complexity index is 1940. The maximum absolute atomic E-state index is 2.53. The summed E-state index contributed by atoms with van der Waals surface area (Å²) < 4.78 is 2.40. The van der Waals surface area contributed by atoms with Crippen molar-refractivity contribution in [1.29, 1.82) is 0 Å². The summed E-state index contributed by atoms with van der Waals surface area (Å²) in [6.45, 7) is 0. The molecule has 0 amide bonds. The molecule has 0 radical (unpaired) electrons. The molecule has 0 atom stereocenters. The van der Waals surface area contributed by atoms with E-state index in [4.69, 9.17) is 0 Å². The molecule has 37 heavy (non-hydrogen) atoms. The van der Waals surface area contributed by atoms with E-state index in [9.17, 15) is 0 Å². The second-order valence-electron chi connectivity index (χ2n) is 10.2. The van der Waals surface area contributed by atoms with Gasteiger partial charge in [0.25, 0.3) is 0 Å². The molecule has 0 saturated carbocycles. The van der Waals surface area contributed by atoms with Gasteiger partial charge in [-0.3, -0.25) is 0 Å². The van der Waals surface area contributed by atoms with Crippen LogP contribution in [-0.2, 0) is 7.05 Å². The minimum absolute atomic E-state index is 1.29. The summed E-state index contributed by atoms with van der Waals surface area (Å²) in [7, 11) is -0.252. The summed E-state index contributed by atoms with van der Waals surface area (Å²) >= 11 is 0. The van der Waals surface area contributed by atoms with Crippen molar-refractivity contribution in [2.45, 2.75) is 0 Å². The smallest absolute Gasteiger partial charge is 0.180 e. The predicted molar refractivity (Wildman–Crippen MR) is 161 cm³/mol. The second-order valence-corrected chi connectivity index (χ2v) is 14.0. The van der Waals surface area contributed by atoms with E-state index >= 15 is 0 Å². The van der Waals surface area contributed by atoms with Gasteiger partial charge in [-0.05, 0) is 66.9 Å². The van der Waals surface area contributed by atoms with E-state index in [0.29, 0.717) is 0 Å². The van der Waals surface area contributed by atoms with Crippen molar-refractivity contribution in [3.8, 4) is 11.1 Å². The summed E-state index contributed by atoms with van der Waals surface area (Å²) in [6.07, 6.45) is 0. The Morgan fingerprint density at radius 3 is 1.70 bits per heavy atom. The number of fused-ring (bicyclic) bond motifs is 7. The van der Waals surface area contributed by atoms with Gasteiger partial charge in [0.15, 0.2) is 8.07 Å². The third-order valence-electron chi connectivity index (χ3n) is 8.45. The normalized spacial score (nSPS) is 13.8. The van der Waals surface area contributed by atoms with Crippen LogP contribution in [0.2, 0.25) is 0 Å². The van der Waals surface area contributed by atoms with Gasteiger partial charge in [-0.25, -0.2) is 0 Å². The van der Waals surface area contributed by atoms with E-state index in [1.54, 1.807) is 0 Å². The third-order valence-corrected chi connectivity index (χ3v) is 13.3. The Labute approximate surface area is 217 Å². The first-order valence-corrected chi connectivity index (χ1v) is 14.9. The molecule has 1 aliphatic rings. The lowest BCUT2D eigenvalue weighted by Crippen LogP contribution is -2.72. The highest BCUT2D eigenvalue weighted by Gasteiger charge is 2.48. The molecule has 2 heterocycles. The average Bonchev–Trinajstić information content (AvgIpc) is 3.41. The van der Waals surface area contributed by atoms with Crippen LogP contribution in [0.25, 0.3) is 43.7 Å². The van der Waals surface area contributed by atoms with Crippen LogP contribution >= 0.6 is 0 Å². The van der Waals surface area contributed by atoms with Crippen molar-refractivity contribution in [3.63, 3.8) is 0 Å². The van der Waals surface area contributed by atoms with Gasteiger partial charge < -0.3 is 4.57 Å². The van der Waals surface area contributed by atoms with Gasteiger partial charge >= 0.3 is 0 Å². The predicted octanol–water partition coefficient (Wildman–Crippen LogP) is 5.84. The third kappa shape index (κ3) is 2.68. The molecule has 0 unspecified atom stereocenters. The van der Waals surface area contributed by atoms with Crippen molar-refractivity contribution in [1.82, 2.24) is 4.57 Å². The summed E-state index contributed by atoms with van der Waals surface area (Å²) in [5.41, 5.74) is 5.37. The molecule has 7 aromatic rings. The van der Waals surface area contributed by atoms with E-state index in [0.717, 1.165) is 0 Å². The number of hydrogen-bond acceptors (Lipinski definition) is 0. The van der Waals surface area contributed by atoms with Crippen molar-refractivity contribution in [2.75, 3.05) is 0 Å². The fraction of sp³-hybridized carbons (Fsp3) is 0.0286. The van der Waals surface area contributed by atoms with Gasteiger partial charge in [-0.1, -0.05) is 109 Å². The van der Waals surface area contributed by atoms with Crippen molar-refractivity contribution < 1.29 is 0 Å². The van der Waals surface area contributed by atoms with Crippen LogP contribution in [0.4, 0.5) is 0 Å². The molecule has 0 spiro atoms. The summed E-state index contributed by atoms with van der Waals surface area (Å²) in [5.74, 6) is 0. The second kappa shape index (κ2) is 7.55. The maximum Gasteiger partial charge on any atom is 0.180 e. The molecule has 0 N–H and O–H groups in total. The summed E-state index contributed by atoms with van der Waals surface area (Å²) in [5, 5.41) is 11.1. The monoisotopic (exact) mass is 487 g/mol. The highest BCUT2D eigenvalue weighted by atomic mass is 28.3. The summed E-state index contributed by atoms with van der Waals surface area (Å²) in [6, 6.07) is 50.1. The zero-order valence-electron chi connectivity index (χ0n) is 20.6. The van der Waals surface area contributed by atoms with Crippen LogP contribution in [-0.4, -0.2) is 12.6 Å². The molecule has 0 aliphatic carbocycles. The Hall–Kier alpha value is -4.40. The first-order chi connectivity index (χ1) is 18.3. The minimum atomic E-state index is -2.48. The van der Waals surface area contributed by atoms with Crippen LogP contribution in [0.5, 0.6) is 0 Å². The number of aryl methyl sites for hydroxylation is 1. The van der Waals surface area contributed by atoms with Crippen molar-refractivity contribution >= 4 is 61.4 Å². The van der Waals surface area contributed by atoms with Crippen LogP contribution in [0.15, 0.2) is 133 Å². The topological polar surface area (TPSA) is 4.93 Å². The van der Waals surface area contributed by atoms with Gasteiger partial charge in [0.1, 0.15) is 0 Å². The molecule has 8 rings (SSSR count). The van der Waals surface area contributed by atoms with E-state index in [1.807, 2.05) is 0 Å². The number of benzene rings is 6. The Kier molecular flexibility index (Phi) is 4.23. The fourth-order valence-electron chi connectivity index (χ4n) is 6.82. The molecule has 174 valence electrons. The highest BCUT2D eigenvalue weighted by molar-refractivity contribution is 7.22. The van der Waals surface area contributed by atoms with Gasteiger partial charge in [-0.2, -0.15) is 0 Å². The number of aromatic nitrogens is 1. The number of hydrogen-bond donors (Lipinski definition) is 0. The molecule has 1 nitrogen and oxygen atoms in total. The number of rotatable bonds is 2. The van der Waals surface area contributed by atoms with Crippen LogP contribution in [0, 0.1) is 0 Å². The lowest BCUT2D eigenvalue weighted by molar-refractivity contribution is 1.02. The molecular formula is C35H25NSi. The first kappa shape index (κ1) is 20.8. The van der Waals surface area contributed by atoms with Crippen LogP contribution in [0.3, 0.4) is 0 Å². The molecule has 1 aliphatic heterocycles. The molecule has 1 aromatic heterocycles. The van der Waals surface area contributed by atoms with Crippen molar-refractivity contribution in [2.24, 2.45) is 7.05 Å². The molecular weight excluding hydrogens is 462 g/mol. The van der Waals surface area contributed by atoms with Gasteiger partial charge in [0.05, 0.1) is 0 Å². The van der Waals surface area contributed by atoms with Crippen LogP contribution < -0.4 is 20.7 Å². The van der Waals surface area contributed by atoms with Gasteiger partial charge in [-0.15, -0.1) is 0 Å². The van der Waals surface area contributed by atoms with Gasteiger partial charge in [0, 0.05) is 28.9 Å². The van der Waals surface area contributed by atoms with E-state index in [2.05, 4.69) is 145 Å². The minimum Gasteiger partial charge on any atom is -0.344 e. The SMILES string of the molecule is Cn1c2cc3c(cc2c2cc4ccccc4cc21)-c1ccccc1[Si]3(c1ccccc1)c1ccccc1. The Morgan fingerprint density at radius 2 is 1.00 bits per heavy atom. The molecule has 6 aromatic carbocycles.